The minimum Gasteiger partial charge on any atom is -0.370 e. The van der Waals surface area contributed by atoms with Crippen LogP contribution in [0.4, 0.5) is 5.69 Å². The highest BCUT2D eigenvalue weighted by atomic mass is 16.7. The van der Waals surface area contributed by atoms with Gasteiger partial charge in [0.05, 0.1) is 25.3 Å². The molecule has 2 aromatic rings. The number of nitrogens with two attached hydrogens (primary N) is 1. The number of hydroxylamine groups is 2. The molecule has 2 heterocycles. The SMILES string of the molecule is C[C@H](NC(=O)CNC(=O)CNC(=O)CCC(=O)N1Cc2ccccc2C#Cc2ccccc21)C(=O)N[C@@H](CCC(N)=O)C(=O)ON1C(=O)CCC1=O. The Morgan fingerprint density at radius 1 is 0.788 bits per heavy atom. The van der Waals surface area contributed by atoms with E-state index in [-0.39, 0.29) is 56.0 Å². The highest BCUT2D eigenvalue weighted by Gasteiger charge is 2.36. The molecule has 0 bridgehead atoms. The number of primary amides is 1. The lowest BCUT2D eigenvalue weighted by atomic mass is 10.0. The number of imide groups is 1. The Morgan fingerprint density at radius 3 is 2.12 bits per heavy atom. The molecule has 0 spiro atoms. The number of amides is 8. The monoisotopic (exact) mass is 715 g/mol. The van der Waals surface area contributed by atoms with Crippen molar-refractivity contribution in [2.45, 2.75) is 64.1 Å². The Balaban J connectivity index is 1.19. The van der Waals surface area contributed by atoms with Crippen molar-refractivity contribution in [2.75, 3.05) is 18.0 Å². The number of hydrogen-bond acceptors (Lipinski definition) is 10. The minimum atomic E-state index is -1.49. The molecule has 1 saturated heterocycles. The molecule has 17 nitrogen and oxygen atoms in total. The van der Waals surface area contributed by atoms with E-state index in [0.717, 1.165) is 11.1 Å². The number of benzene rings is 2. The third-order valence-corrected chi connectivity index (χ3v) is 7.87. The molecule has 0 radical (unpaired) electrons. The summed E-state index contributed by atoms with van der Waals surface area (Å²) < 4.78 is 0. The van der Waals surface area contributed by atoms with Gasteiger partial charge in [-0.05, 0) is 37.1 Å². The number of carbonyl (C=O) groups excluding carboxylic acids is 9. The van der Waals surface area contributed by atoms with Crippen LogP contribution in [0.3, 0.4) is 0 Å². The Bertz CT molecular complexity index is 1830. The molecule has 272 valence electrons. The van der Waals surface area contributed by atoms with Gasteiger partial charge in [0.1, 0.15) is 12.1 Å². The van der Waals surface area contributed by atoms with Crippen molar-refractivity contribution in [2.24, 2.45) is 5.73 Å². The highest BCUT2D eigenvalue weighted by Crippen LogP contribution is 2.26. The van der Waals surface area contributed by atoms with Gasteiger partial charge in [0.25, 0.3) is 11.8 Å². The van der Waals surface area contributed by atoms with Crippen LogP contribution in [0, 0.1) is 11.8 Å². The maximum absolute atomic E-state index is 13.3. The van der Waals surface area contributed by atoms with E-state index in [9.17, 15) is 43.2 Å². The van der Waals surface area contributed by atoms with E-state index in [1.807, 2.05) is 36.4 Å². The third kappa shape index (κ3) is 10.7. The van der Waals surface area contributed by atoms with Crippen LogP contribution >= 0.6 is 0 Å². The second-order valence-electron chi connectivity index (χ2n) is 11.8. The lowest BCUT2D eigenvalue weighted by Gasteiger charge is -2.26. The van der Waals surface area contributed by atoms with Gasteiger partial charge in [0.15, 0.2) is 0 Å². The number of hydrogen-bond donors (Lipinski definition) is 5. The van der Waals surface area contributed by atoms with Crippen molar-refractivity contribution in [1.82, 2.24) is 26.3 Å². The largest absolute Gasteiger partial charge is 0.370 e. The summed E-state index contributed by atoms with van der Waals surface area (Å²) in [5.41, 5.74) is 8.09. The van der Waals surface area contributed by atoms with Gasteiger partial charge in [0, 0.05) is 43.2 Å². The summed E-state index contributed by atoms with van der Waals surface area (Å²) in [6.45, 7) is 0.477. The number of rotatable bonds is 15. The molecule has 2 aromatic carbocycles. The zero-order chi connectivity index (χ0) is 37.8. The first-order chi connectivity index (χ1) is 24.8. The molecule has 52 heavy (non-hydrogen) atoms. The van der Waals surface area contributed by atoms with Gasteiger partial charge in [-0.25, -0.2) is 4.79 Å². The van der Waals surface area contributed by atoms with Gasteiger partial charge in [-0.3, -0.25) is 38.4 Å². The lowest BCUT2D eigenvalue weighted by Crippen LogP contribution is -2.53. The summed E-state index contributed by atoms with van der Waals surface area (Å²) in [7, 11) is 0. The van der Waals surface area contributed by atoms with E-state index >= 15 is 0 Å². The van der Waals surface area contributed by atoms with Gasteiger partial charge in [-0.15, -0.1) is 5.06 Å². The van der Waals surface area contributed by atoms with Gasteiger partial charge in [-0.2, -0.15) is 0 Å². The Labute approximate surface area is 297 Å². The second-order valence-corrected chi connectivity index (χ2v) is 11.8. The van der Waals surface area contributed by atoms with Crippen LogP contribution in [-0.4, -0.2) is 83.5 Å². The van der Waals surface area contributed by atoms with Gasteiger partial charge >= 0.3 is 5.97 Å². The predicted molar refractivity (Wildman–Crippen MR) is 180 cm³/mol. The maximum atomic E-state index is 13.3. The maximum Gasteiger partial charge on any atom is 0.355 e. The van der Waals surface area contributed by atoms with Crippen LogP contribution in [0.25, 0.3) is 0 Å². The smallest absolute Gasteiger partial charge is 0.355 e. The first kappa shape index (κ1) is 38.2. The first-order valence-electron chi connectivity index (χ1n) is 16.3. The van der Waals surface area contributed by atoms with E-state index in [1.165, 1.54) is 6.92 Å². The van der Waals surface area contributed by atoms with Crippen LogP contribution < -0.4 is 31.9 Å². The average Bonchev–Trinajstić information content (AvgIpc) is 3.43. The molecular formula is C35H37N7O10. The fourth-order valence-electron chi connectivity index (χ4n) is 5.07. The fourth-order valence-corrected chi connectivity index (χ4v) is 5.07. The standard InChI is InChI=1S/C35H37N7O10/c1-21(34(50)40-25(12-13-27(36)43)35(51)52-42-32(48)16-17-33(42)49)39-30(46)19-38-29(45)18-37-28(44)14-15-31(47)41-20-24-8-3-2-6-22(24)10-11-23-7-4-5-9-26(23)41/h2-9,21,25H,12-20H2,1H3,(H2,36,43)(H,37,44)(H,38,45)(H,39,46)(H,40,50)/t21-,25-/m0/s1. The van der Waals surface area contributed by atoms with E-state index in [1.54, 1.807) is 17.0 Å². The van der Waals surface area contributed by atoms with Crippen molar-refractivity contribution >= 4 is 58.9 Å². The molecule has 2 atom stereocenters. The topological polar surface area (TPSA) is 243 Å². The van der Waals surface area contributed by atoms with Gasteiger partial charge in [-0.1, -0.05) is 42.2 Å². The van der Waals surface area contributed by atoms with Crippen molar-refractivity contribution in [3.63, 3.8) is 0 Å². The molecule has 0 aliphatic carbocycles. The zero-order valence-electron chi connectivity index (χ0n) is 28.2. The fraction of sp³-hybridized carbons (Fsp3) is 0.343. The second kappa shape index (κ2) is 17.9. The molecule has 0 aromatic heterocycles. The van der Waals surface area contributed by atoms with Crippen molar-refractivity contribution < 1.29 is 48.0 Å². The molecule has 8 amide bonds. The van der Waals surface area contributed by atoms with Gasteiger partial charge < -0.3 is 36.7 Å². The Kier molecular flexibility index (Phi) is 13.2. The summed E-state index contributed by atoms with van der Waals surface area (Å²) in [5.74, 6) is -0.519. The molecule has 0 saturated carbocycles. The number of para-hydroxylation sites is 1. The van der Waals surface area contributed by atoms with Crippen molar-refractivity contribution in [3.05, 3.63) is 65.2 Å². The van der Waals surface area contributed by atoms with Crippen LogP contribution in [0.15, 0.2) is 48.5 Å². The molecular weight excluding hydrogens is 678 g/mol. The molecule has 2 aliphatic rings. The molecule has 1 fully saturated rings. The minimum absolute atomic E-state index is 0.143. The third-order valence-electron chi connectivity index (χ3n) is 7.87. The summed E-state index contributed by atoms with van der Waals surface area (Å²) in [5, 5.41) is 9.58. The normalized spacial score (nSPS) is 14.2. The Morgan fingerprint density at radius 2 is 1.40 bits per heavy atom. The summed E-state index contributed by atoms with van der Waals surface area (Å²) in [4.78, 5) is 117. The van der Waals surface area contributed by atoms with E-state index in [0.29, 0.717) is 11.3 Å². The van der Waals surface area contributed by atoms with Crippen LogP contribution in [0.2, 0.25) is 0 Å². The lowest BCUT2D eigenvalue weighted by molar-refractivity contribution is -0.199. The number of nitrogens with one attached hydrogen (secondary N) is 4. The highest BCUT2D eigenvalue weighted by molar-refractivity contribution is 6.02. The van der Waals surface area contributed by atoms with E-state index < -0.39 is 72.5 Å². The summed E-state index contributed by atoms with van der Waals surface area (Å²) >= 11 is 0. The first-order valence-corrected chi connectivity index (χ1v) is 16.3. The number of fused-ring (bicyclic) bond motifs is 2. The summed E-state index contributed by atoms with van der Waals surface area (Å²) in [6, 6.07) is 12.0. The molecule has 6 N–H and O–H groups in total. The summed E-state index contributed by atoms with van der Waals surface area (Å²) in [6.07, 6.45) is -1.32. The van der Waals surface area contributed by atoms with Crippen LogP contribution in [0.5, 0.6) is 0 Å². The zero-order valence-corrected chi connectivity index (χ0v) is 28.2. The van der Waals surface area contributed by atoms with E-state index in [4.69, 9.17) is 10.6 Å². The average molecular weight is 716 g/mol. The number of anilines is 1. The van der Waals surface area contributed by atoms with Gasteiger partial charge in [0.2, 0.25) is 35.4 Å². The van der Waals surface area contributed by atoms with E-state index in [2.05, 4.69) is 33.1 Å². The van der Waals surface area contributed by atoms with Crippen molar-refractivity contribution in [1.29, 1.82) is 0 Å². The molecule has 0 unspecified atom stereocenters. The quantitative estimate of drug-likeness (QED) is 0.109. The molecule has 4 rings (SSSR count). The predicted octanol–water partition coefficient (Wildman–Crippen LogP) is -1.19. The molecule has 17 heteroatoms. The van der Waals surface area contributed by atoms with Crippen molar-refractivity contribution in [3.8, 4) is 11.8 Å². The Hall–Kier alpha value is -6.57. The van der Waals surface area contributed by atoms with Crippen LogP contribution in [-0.2, 0) is 54.5 Å². The molecule has 2 aliphatic heterocycles. The number of nitrogens with zero attached hydrogens (tertiary/aromatic N) is 2. The van der Waals surface area contributed by atoms with Crippen LogP contribution in [0.1, 0.15) is 62.1 Å². The number of carbonyl (C=O) groups is 9.